The molecule has 1 amide bonds. The molecule has 0 unspecified atom stereocenters. The molecule has 0 aliphatic carbocycles. The summed E-state index contributed by atoms with van der Waals surface area (Å²) in [5, 5.41) is 3.30. The Morgan fingerprint density at radius 1 is 1.07 bits per heavy atom. The summed E-state index contributed by atoms with van der Waals surface area (Å²) in [5.41, 5.74) is 3.03. The van der Waals surface area contributed by atoms with Gasteiger partial charge in [-0.15, -0.1) is 0 Å². The number of aromatic nitrogens is 3. The first-order chi connectivity index (χ1) is 14.5. The van der Waals surface area contributed by atoms with Gasteiger partial charge in [0.15, 0.2) is 0 Å². The summed E-state index contributed by atoms with van der Waals surface area (Å²) >= 11 is 0. The minimum atomic E-state index is -0.368. The van der Waals surface area contributed by atoms with E-state index < -0.39 is 0 Å². The predicted molar refractivity (Wildman–Crippen MR) is 116 cm³/mol. The maximum absolute atomic E-state index is 12.2. The Bertz CT molecular complexity index is 1010. The zero-order chi connectivity index (χ0) is 21.1. The van der Waals surface area contributed by atoms with Crippen LogP contribution in [0.1, 0.15) is 32.4 Å². The molecule has 7 heteroatoms. The number of cyclic esters (lactones) is 1. The number of rotatable bonds is 6. The van der Waals surface area contributed by atoms with Crippen molar-refractivity contribution >= 4 is 17.9 Å². The summed E-state index contributed by atoms with van der Waals surface area (Å²) in [4.78, 5) is 27.3. The van der Waals surface area contributed by atoms with E-state index in [1.54, 1.807) is 17.2 Å². The van der Waals surface area contributed by atoms with Crippen LogP contribution in [-0.2, 0) is 4.74 Å². The number of ether oxygens (including phenoxy) is 1. The van der Waals surface area contributed by atoms with E-state index in [4.69, 9.17) is 4.74 Å². The van der Waals surface area contributed by atoms with Crippen molar-refractivity contribution < 1.29 is 9.53 Å². The molecule has 0 saturated carbocycles. The monoisotopic (exact) mass is 403 g/mol. The zero-order valence-electron chi connectivity index (χ0n) is 17.3. The van der Waals surface area contributed by atoms with Crippen molar-refractivity contribution in [1.82, 2.24) is 15.0 Å². The Morgan fingerprint density at radius 3 is 2.57 bits per heavy atom. The number of nitrogens with zero attached hydrogens (tertiary/aromatic N) is 4. The largest absolute Gasteiger partial charge is 0.447 e. The molecule has 0 bridgehead atoms. The highest BCUT2D eigenvalue weighted by atomic mass is 16.6. The van der Waals surface area contributed by atoms with E-state index in [-0.39, 0.29) is 24.1 Å². The van der Waals surface area contributed by atoms with E-state index in [2.05, 4.69) is 34.1 Å². The van der Waals surface area contributed by atoms with Crippen LogP contribution in [0.25, 0.3) is 11.3 Å². The van der Waals surface area contributed by atoms with E-state index >= 15 is 0 Å². The van der Waals surface area contributed by atoms with Crippen LogP contribution in [0.5, 0.6) is 0 Å². The lowest BCUT2D eigenvalue weighted by molar-refractivity contribution is 0.177. The molecule has 1 saturated heterocycles. The van der Waals surface area contributed by atoms with Gasteiger partial charge < -0.3 is 10.1 Å². The molecule has 2 atom stereocenters. The first-order valence-corrected chi connectivity index (χ1v) is 10.1. The topological polar surface area (TPSA) is 80.2 Å². The van der Waals surface area contributed by atoms with Crippen LogP contribution in [0.2, 0.25) is 0 Å². The maximum Gasteiger partial charge on any atom is 0.415 e. The number of hydrogen-bond donors (Lipinski definition) is 1. The van der Waals surface area contributed by atoms with Gasteiger partial charge in [0.25, 0.3) is 0 Å². The fraction of sp³-hybridized carbons (Fsp3) is 0.304. The van der Waals surface area contributed by atoms with Gasteiger partial charge in [0, 0.05) is 18.0 Å². The molecule has 30 heavy (non-hydrogen) atoms. The van der Waals surface area contributed by atoms with Gasteiger partial charge in [-0.1, -0.05) is 50.2 Å². The standard InChI is InChI=1S/C23H25N5O2/c1-15(2)20-14-30-23(29)28(20)21-11-12-24-22(27-21)26-16(3)18-9-10-19(25-13-18)17-7-5-4-6-8-17/h4-13,15-16,20H,14H2,1-3H3,(H,24,26,27)/t16-,20+/m0/s1. The molecule has 154 valence electrons. The molecular weight excluding hydrogens is 378 g/mol. The van der Waals surface area contributed by atoms with Gasteiger partial charge in [-0.2, -0.15) is 4.98 Å². The van der Waals surface area contributed by atoms with Gasteiger partial charge in [0.05, 0.1) is 17.8 Å². The van der Waals surface area contributed by atoms with Crippen molar-refractivity contribution in [3.63, 3.8) is 0 Å². The van der Waals surface area contributed by atoms with Gasteiger partial charge in [-0.3, -0.25) is 9.88 Å². The number of hydrogen-bond acceptors (Lipinski definition) is 6. The van der Waals surface area contributed by atoms with E-state index in [0.29, 0.717) is 18.4 Å². The SMILES string of the molecule is CC(C)[C@H]1COC(=O)N1c1ccnc(N[C@@H](C)c2ccc(-c3ccccc3)nc2)n1. The number of carbonyl (C=O) groups is 1. The lowest BCUT2D eigenvalue weighted by Crippen LogP contribution is -2.37. The summed E-state index contributed by atoms with van der Waals surface area (Å²) in [5.74, 6) is 1.25. The van der Waals surface area contributed by atoms with Crippen LogP contribution in [0.15, 0.2) is 60.9 Å². The van der Waals surface area contributed by atoms with Gasteiger partial charge in [0.2, 0.25) is 5.95 Å². The summed E-state index contributed by atoms with van der Waals surface area (Å²) < 4.78 is 5.23. The van der Waals surface area contributed by atoms with Crippen molar-refractivity contribution in [1.29, 1.82) is 0 Å². The molecule has 1 aliphatic rings. The lowest BCUT2D eigenvalue weighted by Gasteiger charge is -2.23. The summed E-state index contributed by atoms with van der Waals surface area (Å²) in [7, 11) is 0. The van der Waals surface area contributed by atoms with Crippen LogP contribution >= 0.6 is 0 Å². The quantitative estimate of drug-likeness (QED) is 0.643. The third-order valence-corrected chi connectivity index (χ3v) is 5.26. The molecule has 1 N–H and O–H groups in total. The highest BCUT2D eigenvalue weighted by Crippen LogP contribution is 2.27. The maximum atomic E-state index is 12.2. The van der Waals surface area contributed by atoms with E-state index in [1.807, 2.05) is 55.6 Å². The van der Waals surface area contributed by atoms with Crippen LogP contribution in [0.3, 0.4) is 0 Å². The van der Waals surface area contributed by atoms with Crippen molar-refractivity contribution in [2.75, 3.05) is 16.8 Å². The molecule has 7 nitrogen and oxygen atoms in total. The highest BCUT2D eigenvalue weighted by Gasteiger charge is 2.37. The van der Waals surface area contributed by atoms with Gasteiger partial charge in [-0.05, 0) is 30.5 Å². The molecule has 0 radical (unpaired) electrons. The third-order valence-electron chi connectivity index (χ3n) is 5.26. The van der Waals surface area contributed by atoms with Gasteiger partial charge in [-0.25, -0.2) is 9.78 Å². The number of carbonyl (C=O) groups excluding carboxylic acids is 1. The lowest BCUT2D eigenvalue weighted by atomic mass is 10.0. The van der Waals surface area contributed by atoms with Gasteiger partial charge in [0.1, 0.15) is 12.4 Å². The van der Waals surface area contributed by atoms with Crippen LogP contribution in [-0.4, -0.2) is 33.7 Å². The van der Waals surface area contributed by atoms with Crippen molar-refractivity contribution in [2.45, 2.75) is 32.9 Å². The second kappa shape index (κ2) is 8.49. The molecule has 3 aromatic rings. The molecule has 4 rings (SSSR count). The Balaban J connectivity index is 1.49. The fourth-order valence-corrected chi connectivity index (χ4v) is 3.46. The molecule has 0 spiro atoms. The zero-order valence-corrected chi connectivity index (χ0v) is 17.3. The summed E-state index contributed by atoms with van der Waals surface area (Å²) in [6.45, 7) is 6.53. The highest BCUT2D eigenvalue weighted by molar-refractivity contribution is 5.89. The fourth-order valence-electron chi connectivity index (χ4n) is 3.46. The predicted octanol–water partition coefficient (Wildman–Crippen LogP) is 4.69. The number of amides is 1. The van der Waals surface area contributed by atoms with Crippen molar-refractivity contribution in [3.8, 4) is 11.3 Å². The second-order valence-corrected chi connectivity index (χ2v) is 7.71. The number of benzene rings is 1. The van der Waals surface area contributed by atoms with E-state index in [9.17, 15) is 4.79 Å². The van der Waals surface area contributed by atoms with Crippen LogP contribution in [0, 0.1) is 5.92 Å². The average Bonchev–Trinajstić information content (AvgIpc) is 3.16. The van der Waals surface area contributed by atoms with E-state index in [0.717, 1.165) is 16.8 Å². The Labute approximate surface area is 176 Å². The Hall–Kier alpha value is -3.48. The summed E-state index contributed by atoms with van der Waals surface area (Å²) in [6, 6.07) is 15.8. The first-order valence-electron chi connectivity index (χ1n) is 10.1. The molecular formula is C23H25N5O2. The van der Waals surface area contributed by atoms with Gasteiger partial charge >= 0.3 is 6.09 Å². The molecule has 1 aliphatic heterocycles. The number of pyridine rings is 1. The number of nitrogens with one attached hydrogen (secondary N) is 1. The molecule has 1 aromatic carbocycles. The normalized spacial score (nSPS) is 17.1. The Kier molecular flexibility index (Phi) is 5.61. The molecule has 3 heterocycles. The van der Waals surface area contributed by atoms with E-state index in [1.165, 1.54) is 0 Å². The summed E-state index contributed by atoms with van der Waals surface area (Å²) in [6.07, 6.45) is 3.14. The third kappa shape index (κ3) is 4.10. The van der Waals surface area contributed by atoms with Crippen molar-refractivity contribution in [3.05, 3.63) is 66.5 Å². The Morgan fingerprint density at radius 2 is 1.87 bits per heavy atom. The smallest absolute Gasteiger partial charge is 0.415 e. The first kappa shape index (κ1) is 19.8. The van der Waals surface area contributed by atoms with Crippen molar-refractivity contribution in [2.24, 2.45) is 5.92 Å². The minimum Gasteiger partial charge on any atom is -0.447 e. The molecule has 1 fully saturated rings. The van der Waals surface area contributed by atoms with Crippen LogP contribution in [0.4, 0.5) is 16.6 Å². The minimum absolute atomic E-state index is 0.0348. The number of anilines is 2. The molecule has 2 aromatic heterocycles. The average molecular weight is 403 g/mol. The second-order valence-electron chi connectivity index (χ2n) is 7.71. The van der Waals surface area contributed by atoms with Crippen LogP contribution < -0.4 is 10.2 Å².